The van der Waals surface area contributed by atoms with Crippen LogP contribution in [0.2, 0.25) is 0 Å². The van der Waals surface area contributed by atoms with Crippen LogP contribution in [0.25, 0.3) is 5.69 Å². The molecule has 0 radical (unpaired) electrons. The Balaban J connectivity index is 1.72. The summed E-state index contributed by atoms with van der Waals surface area (Å²) in [6.45, 7) is 2.07. The van der Waals surface area contributed by atoms with Gasteiger partial charge in [-0.25, -0.2) is 0 Å². The number of nitrogens with one attached hydrogen (secondary N) is 1. The number of aromatic hydroxyl groups is 1. The molecule has 7 heteroatoms. The highest BCUT2D eigenvalue weighted by Crippen LogP contribution is 2.44. The van der Waals surface area contributed by atoms with E-state index in [-0.39, 0.29) is 17.8 Å². The van der Waals surface area contributed by atoms with Crippen molar-refractivity contribution in [1.29, 1.82) is 0 Å². The number of thiocarbonyl (C=S) groups is 1. The van der Waals surface area contributed by atoms with E-state index in [4.69, 9.17) is 12.2 Å². The van der Waals surface area contributed by atoms with Gasteiger partial charge in [0.2, 0.25) is 0 Å². The molecule has 2 N–H and O–H groups in total. The molecule has 1 aromatic carbocycles. The highest BCUT2D eigenvalue weighted by Gasteiger charge is 2.43. The Labute approximate surface area is 185 Å². The number of aryl methyl sites for hydroxylation is 1. The number of aromatic nitrogens is 3. The topological polar surface area (TPSA) is 66.2 Å². The van der Waals surface area contributed by atoms with Gasteiger partial charge in [0.15, 0.2) is 5.11 Å². The molecule has 4 aromatic rings. The standard InChI is InChI=1S/C24H21N5OS/c1-16-11-12-20(28(16)17-7-6-13-25-15-17)23-22(18-8-4-5-14-26-18)27-24(31)29(23)19-9-2-3-10-21(19)30/h2-15,22-23,30H,1H3,(H,27,31)/t22-,23-/m0/s1. The third-order valence-corrected chi connectivity index (χ3v) is 5.87. The van der Waals surface area contributed by atoms with Crippen LogP contribution in [0.15, 0.2) is 85.3 Å². The normalized spacial score (nSPS) is 18.2. The number of nitrogens with zero attached hydrogens (tertiary/aromatic N) is 4. The van der Waals surface area contributed by atoms with Gasteiger partial charge in [-0.05, 0) is 67.7 Å². The number of hydrogen-bond donors (Lipinski definition) is 2. The number of rotatable bonds is 4. The molecule has 154 valence electrons. The number of hydrogen-bond acceptors (Lipinski definition) is 4. The minimum absolute atomic E-state index is 0.175. The van der Waals surface area contributed by atoms with E-state index >= 15 is 0 Å². The van der Waals surface area contributed by atoms with Crippen molar-refractivity contribution in [3.63, 3.8) is 0 Å². The lowest BCUT2D eigenvalue weighted by Crippen LogP contribution is -2.30. The van der Waals surface area contributed by atoms with E-state index < -0.39 is 0 Å². The lowest BCUT2D eigenvalue weighted by Gasteiger charge is -2.29. The maximum Gasteiger partial charge on any atom is 0.174 e. The van der Waals surface area contributed by atoms with Gasteiger partial charge in [0.05, 0.1) is 29.3 Å². The van der Waals surface area contributed by atoms with E-state index in [0.717, 1.165) is 22.8 Å². The zero-order valence-corrected chi connectivity index (χ0v) is 17.7. The van der Waals surface area contributed by atoms with Gasteiger partial charge >= 0.3 is 0 Å². The average molecular weight is 428 g/mol. The summed E-state index contributed by atoms with van der Waals surface area (Å²) in [7, 11) is 0. The number of benzene rings is 1. The van der Waals surface area contributed by atoms with Crippen molar-refractivity contribution in [1.82, 2.24) is 19.9 Å². The number of phenols is 1. The van der Waals surface area contributed by atoms with Crippen LogP contribution in [0.5, 0.6) is 5.75 Å². The molecule has 5 rings (SSSR count). The Kier molecular flexibility index (Phi) is 4.88. The lowest BCUT2D eigenvalue weighted by atomic mass is 10.0. The van der Waals surface area contributed by atoms with E-state index in [2.05, 4.69) is 38.9 Å². The Morgan fingerprint density at radius 3 is 2.55 bits per heavy atom. The monoisotopic (exact) mass is 427 g/mol. The molecule has 3 aromatic heterocycles. The van der Waals surface area contributed by atoms with E-state index in [9.17, 15) is 5.11 Å². The molecule has 1 aliphatic rings. The molecule has 0 amide bonds. The molecular formula is C24H21N5OS. The molecule has 4 heterocycles. The molecule has 31 heavy (non-hydrogen) atoms. The highest BCUT2D eigenvalue weighted by molar-refractivity contribution is 7.80. The molecule has 0 spiro atoms. The van der Waals surface area contributed by atoms with E-state index in [0.29, 0.717) is 10.8 Å². The van der Waals surface area contributed by atoms with Gasteiger partial charge in [-0.2, -0.15) is 0 Å². The molecule has 1 fully saturated rings. The van der Waals surface area contributed by atoms with Crippen molar-refractivity contribution in [2.45, 2.75) is 19.0 Å². The Bertz CT molecular complexity index is 1230. The second kappa shape index (κ2) is 7.85. The Morgan fingerprint density at radius 1 is 0.968 bits per heavy atom. The lowest BCUT2D eigenvalue weighted by molar-refractivity contribution is 0.472. The van der Waals surface area contributed by atoms with Crippen molar-refractivity contribution < 1.29 is 5.11 Å². The van der Waals surface area contributed by atoms with Gasteiger partial charge in [0.1, 0.15) is 11.8 Å². The van der Waals surface area contributed by atoms with E-state index in [1.165, 1.54) is 0 Å². The summed E-state index contributed by atoms with van der Waals surface area (Å²) < 4.78 is 2.18. The van der Waals surface area contributed by atoms with Crippen LogP contribution in [0.1, 0.15) is 29.2 Å². The SMILES string of the molecule is Cc1ccc([C@H]2[C@H](c3ccccn3)NC(=S)N2c2ccccc2O)n1-c1cccnc1. The first-order valence-corrected chi connectivity index (χ1v) is 10.4. The first-order chi connectivity index (χ1) is 15.1. The third kappa shape index (κ3) is 3.33. The van der Waals surface area contributed by atoms with E-state index in [1.54, 1.807) is 24.5 Å². The summed E-state index contributed by atoms with van der Waals surface area (Å²) in [4.78, 5) is 10.9. The summed E-state index contributed by atoms with van der Waals surface area (Å²) >= 11 is 5.76. The van der Waals surface area contributed by atoms with Crippen LogP contribution in [0.3, 0.4) is 0 Å². The zero-order valence-electron chi connectivity index (χ0n) is 16.9. The minimum atomic E-state index is -0.232. The van der Waals surface area contributed by atoms with Gasteiger partial charge < -0.3 is 19.9 Å². The second-order valence-electron chi connectivity index (χ2n) is 7.43. The van der Waals surface area contributed by atoms with Gasteiger partial charge in [-0.15, -0.1) is 0 Å². The fourth-order valence-electron chi connectivity index (χ4n) is 4.21. The first-order valence-electron chi connectivity index (χ1n) is 10.0. The highest BCUT2D eigenvalue weighted by atomic mass is 32.1. The van der Waals surface area contributed by atoms with Crippen LogP contribution in [-0.4, -0.2) is 24.8 Å². The van der Waals surface area contributed by atoms with Gasteiger partial charge in [-0.3, -0.25) is 9.97 Å². The minimum Gasteiger partial charge on any atom is -0.506 e. The molecule has 0 saturated carbocycles. The first kappa shape index (κ1) is 19.3. The maximum atomic E-state index is 10.6. The molecule has 1 saturated heterocycles. The molecule has 6 nitrogen and oxygen atoms in total. The Hall–Kier alpha value is -3.71. The molecular weight excluding hydrogens is 406 g/mol. The van der Waals surface area contributed by atoms with E-state index in [1.807, 2.05) is 53.6 Å². The predicted molar refractivity (Wildman–Crippen MR) is 124 cm³/mol. The average Bonchev–Trinajstić information content (AvgIpc) is 3.35. The summed E-state index contributed by atoms with van der Waals surface area (Å²) in [6, 6.07) is 20.8. The van der Waals surface area contributed by atoms with Gasteiger partial charge in [0, 0.05) is 23.8 Å². The van der Waals surface area contributed by atoms with Gasteiger partial charge in [0.25, 0.3) is 0 Å². The van der Waals surface area contributed by atoms with Crippen molar-refractivity contribution in [3.05, 3.63) is 102 Å². The zero-order chi connectivity index (χ0) is 21.4. The maximum absolute atomic E-state index is 10.6. The molecule has 0 unspecified atom stereocenters. The van der Waals surface area contributed by atoms with Crippen LogP contribution >= 0.6 is 12.2 Å². The Morgan fingerprint density at radius 2 is 1.81 bits per heavy atom. The van der Waals surface area contributed by atoms with Crippen LogP contribution < -0.4 is 10.2 Å². The van der Waals surface area contributed by atoms with Crippen molar-refractivity contribution >= 4 is 23.0 Å². The third-order valence-electron chi connectivity index (χ3n) is 5.55. The molecule has 0 bridgehead atoms. The van der Waals surface area contributed by atoms with Crippen LogP contribution in [-0.2, 0) is 0 Å². The molecule has 2 atom stereocenters. The largest absolute Gasteiger partial charge is 0.506 e. The summed E-state index contributed by atoms with van der Waals surface area (Å²) in [5.41, 5.74) is 4.61. The summed E-state index contributed by atoms with van der Waals surface area (Å²) in [5.74, 6) is 0.175. The quantitative estimate of drug-likeness (QED) is 0.469. The molecule has 1 aliphatic heterocycles. The molecule has 0 aliphatic carbocycles. The number of phenolic OH excluding ortho intramolecular Hbond substituents is 1. The fourth-order valence-corrected chi connectivity index (χ4v) is 4.55. The van der Waals surface area contributed by atoms with Gasteiger partial charge in [-0.1, -0.05) is 18.2 Å². The number of para-hydroxylation sites is 2. The van der Waals surface area contributed by atoms with Crippen molar-refractivity contribution in [3.8, 4) is 11.4 Å². The van der Waals surface area contributed by atoms with Crippen molar-refractivity contribution in [2.24, 2.45) is 0 Å². The van der Waals surface area contributed by atoms with Crippen LogP contribution in [0.4, 0.5) is 5.69 Å². The van der Waals surface area contributed by atoms with Crippen molar-refractivity contribution in [2.75, 3.05) is 4.90 Å². The number of pyridine rings is 2. The smallest absolute Gasteiger partial charge is 0.174 e. The number of anilines is 1. The fraction of sp³-hybridized carbons (Fsp3) is 0.125. The van der Waals surface area contributed by atoms with Crippen LogP contribution in [0, 0.1) is 6.92 Å². The predicted octanol–water partition coefficient (Wildman–Crippen LogP) is 4.46. The second-order valence-corrected chi connectivity index (χ2v) is 7.82. The summed E-state index contributed by atoms with van der Waals surface area (Å²) in [6.07, 6.45) is 5.39. The summed E-state index contributed by atoms with van der Waals surface area (Å²) in [5, 5.41) is 14.6.